The first-order chi connectivity index (χ1) is 5.81. The molecule has 0 aliphatic rings. The summed E-state index contributed by atoms with van der Waals surface area (Å²) in [6.07, 6.45) is 3.67. The van der Waals surface area contributed by atoms with Crippen LogP contribution in [0, 0.1) is 6.92 Å². The molecule has 0 saturated carbocycles. The lowest BCUT2D eigenvalue weighted by molar-refractivity contribution is 0.155. The third-order valence-corrected chi connectivity index (χ3v) is 1.15. The normalized spacial score (nSPS) is 8.50. The van der Waals surface area contributed by atoms with Gasteiger partial charge in [-0.25, -0.2) is 4.79 Å². The summed E-state index contributed by atoms with van der Waals surface area (Å²) in [4.78, 5) is 14.0. The fraction of sp³-hybridized carbons (Fsp3) is 0.556. The van der Waals surface area contributed by atoms with Gasteiger partial charge in [-0.15, -0.1) is 4.99 Å². The lowest BCUT2D eigenvalue weighted by atomic mass is 10.3. The first kappa shape index (κ1) is 10.9. The number of allylic oxidation sites excluding steroid dienone is 1. The van der Waals surface area contributed by atoms with E-state index in [1.165, 1.54) is 0 Å². The second-order valence-electron chi connectivity index (χ2n) is 2.20. The third-order valence-electron chi connectivity index (χ3n) is 1.15. The molecule has 0 bridgehead atoms. The van der Waals surface area contributed by atoms with Crippen LogP contribution >= 0.6 is 0 Å². The van der Waals surface area contributed by atoms with Crippen LogP contribution in [-0.2, 0) is 4.74 Å². The fourth-order valence-electron chi connectivity index (χ4n) is 0.588. The average molecular weight is 168 g/mol. The topological polar surface area (TPSA) is 38.7 Å². The molecule has 0 fully saturated rings. The highest BCUT2D eigenvalue weighted by molar-refractivity contribution is 5.76. The van der Waals surface area contributed by atoms with Gasteiger partial charge in [-0.1, -0.05) is 19.8 Å². The van der Waals surface area contributed by atoms with Crippen LogP contribution in [0.15, 0.2) is 11.1 Å². The van der Waals surface area contributed by atoms with Gasteiger partial charge in [0.2, 0.25) is 0 Å². The number of aliphatic imine (C=N–C) groups is 1. The van der Waals surface area contributed by atoms with Crippen LogP contribution in [0.2, 0.25) is 0 Å². The molecule has 12 heavy (non-hydrogen) atoms. The molecule has 0 heterocycles. The molecule has 1 radical (unpaired) electrons. The van der Waals surface area contributed by atoms with Crippen molar-refractivity contribution in [3.8, 4) is 0 Å². The van der Waals surface area contributed by atoms with Crippen molar-refractivity contribution >= 4 is 12.0 Å². The van der Waals surface area contributed by atoms with Crippen LogP contribution in [0.5, 0.6) is 0 Å². The van der Waals surface area contributed by atoms with Gasteiger partial charge in [-0.05, 0) is 25.3 Å². The zero-order chi connectivity index (χ0) is 9.23. The number of nitrogens with zero attached hydrogens (tertiary/aromatic N) is 1. The Balaban J connectivity index is 3.38. The van der Waals surface area contributed by atoms with Gasteiger partial charge in [0, 0.05) is 0 Å². The Kier molecular flexibility index (Phi) is 7.30. The molecule has 0 N–H and O–H groups in total. The smallest absolute Gasteiger partial charge is 0.441 e. The number of unbranched alkanes of at least 4 members (excludes halogenated alkanes) is 2. The van der Waals surface area contributed by atoms with Crippen LogP contribution in [-0.4, -0.2) is 18.6 Å². The van der Waals surface area contributed by atoms with Crippen molar-refractivity contribution in [2.24, 2.45) is 4.99 Å². The van der Waals surface area contributed by atoms with Gasteiger partial charge in [0.1, 0.15) is 0 Å². The Hall–Kier alpha value is -1.08. The zero-order valence-corrected chi connectivity index (χ0v) is 7.38. The van der Waals surface area contributed by atoms with Gasteiger partial charge in [-0.2, -0.15) is 0 Å². The predicted molar refractivity (Wildman–Crippen MR) is 48.2 cm³/mol. The molecule has 0 spiro atoms. The molecule has 0 aliphatic carbocycles. The standard InChI is InChI=1S/C9H14NO2/c1-3-5-6-8-12-9(11)10-7-4-2/h4H,1,3,5-6,8H2,2H3. The first-order valence-corrected chi connectivity index (χ1v) is 4.01. The number of carbonyl (C=O) groups is 1. The van der Waals surface area contributed by atoms with E-state index in [4.69, 9.17) is 4.74 Å². The van der Waals surface area contributed by atoms with E-state index < -0.39 is 6.09 Å². The highest BCUT2D eigenvalue weighted by Gasteiger charge is 1.95. The molecule has 67 valence electrons. The largest absolute Gasteiger partial charge is 0.447 e. The average Bonchev–Trinajstić information content (AvgIpc) is 2.09. The molecule has 0 aliphatic heterocycles. The monoisotopic (exact) mass is 168 g/mol. The van der Waals surface area contributed by atoms with Crippen molar-refractivity contribution in [3.63, 3.8) is 0 Å². The van der Waals surface area contributed by atoms with Crippen LogP contribution in [0.1, 0.15) is 26.2 Å². The summed E-state index contributed by atoms with van der Waals surface area (Å²) >= 11 is 0. The molecule has 0 atom stereocenters. The summed E-state index contributed by atoms with van der Waals surface area (Å²) < 4.78 is 4.73. The van der Waals surface area contributed by atoms with Crippen molar-refractivity contribution < 1.29 is 9.53 Å². The lowest BCUT2D eigenvalue weighted by Gasteiger charge is -1.97. The second-order valence-corrected chi connectivity index (χ2v) is 2.20. The molecule has 3 nitrogen and oxygen atoms in total. The van der Waals surface area contributed by atoms with Gasteiger partial charge in [0.15, 0.2) is 0 Å². The van der Waals surface area contributed by atoms with Crippen LogP contribution in [0.4, 0.5) is 4.79 Å². The van der Waals surface area contributed by atoms with E-state index in [9.17, 15) is 4.79 Å². The molecule has 0 aromatic heterocycles. The van der Waals surface area contributed by atoms with E-state index >= 15 is 0 Å². The van der Waals surface area contributed by atoms with Crippen molar-refractivity contribution in [1.82, 2.24) is 0 Å². The van der Waals surface area contributed by atoms with Gasteiger partial charge < -0.3 is 4.74 Å². The molecule has 0 aromatic carbocycles. The van der Waals surface area contributed by atoms with Crippen LogP contribution in [0.3, 0.4) is 0 Å². The Morgan fingerprint density at radius 2 is 2.42 bits per heavy atom. The summed E-state index contributed by atoms with van der Waals surface area (Å²) in [5.74, 6) is 2.40. The van der Waals surface area contributed by atoms with Crippen molar-refractivity contribution in [2.45, 2.75) is 26.2 Å². The summed E-state index contributed by atoms with van der Waals surface area (Å²) in [7, 11) is 0. The van der Waals surface area contributed by atoms with Gasteiger partial charge in [-0.3, -0.25) is 0 Å². The number of hydrogen-bond acceptors (Lipinski definition) is 2. The van der Waals surface area contributed by atoms with Gasteiger partial charge >= 0.3 is 6.09 Å². The van der Waals surface area contributed by atoms with Crippen molar-refractivity contribution in [1.29, 1.82) is 0 Å². The molecular formula is C9H14NO2. The molecule has 0 rings (SSSR count). The summed E-state index contributed by atoms with van der Waals surface area (Å²) in [6.45, 7) is 5.83. The van der Waals surface area contributed by atoms with Crippen LogP contribution in [0.25, 0.3) is 0 Å². The summed E-state index contributed by atoms with van der Waals surface area (Å²) in [6, 6.07) is 0. The Morgan fingerprint density at radius 1 is 1.67 bits per heavy atom. The second kappa shape index (κ2) is 8.02. The Morgan fingerprint density at radius 3 is 3.00 bits per heavy atom. The number of rotatable bonds is 4. The zero-order valence-electron chi connectivity index (χ0n) is 7.38. The lowest BCUT2D eigenvalue weighted by Crippen LogP contribution is -1.99. The SMILES string of the molecule is [CH2]CCCCOC(=O)N=C=CC. The van der Waals surface area contributed by atoms with Crippen LogP contribution < -0.4 is 0 Å². The quantitative estimate of drug-likeness (QED) is 0.477. The van der Waals surface area contributed by atoms with Gasteiger partial charge in [0.05, 0.1) is 6.61 Å². The highest BCUT2D eigenvalue weighted by Crippen LogP contribution is 1.94. The maximum atomic E-state index is 10.7. The molecule has 3 heteroatoms. The van der Waals surface area contributed by atoms with E-state index in [1.807, 2.05) is 0 Å². The molecule has 0 unspecified atom stereocenters. The van der Waals surface area contributed by atoms with E-state index in [2.05, 4.69) is 17.8 Å². The number of ether oxygens (including phenoxy) is 1. The minimum absolute atomic E-state index is 0.420. The number of amides is 1. The molecular weight excluding hydrogens is 154 g/mol. The number of carbonyl (C=O) groups excluding carboxylic acids is 1. The Bertz CT molecular complexity index is 181. The van der Waals surface area contributed by atoms with E-state index in [0.29, 0.717) is 6.61 Å². The summed E-state index contributed by atoms with van der Waals surface area (Å²) in [5, 5.41) is 0. The van der Waals surface area contributed by atoms with E-state index in [-0.39, 0.29) is 0 Å². The van der Waals surface area contributed by atoms with Crippen molar-refractivity contribution in [3.05, 3.63) is 13.0 Å². The van der Waals surface area contributed by atoms with E-state index in [0.717, 1.165) is 19.3 Å². The first-order valence-electron chi connectivity index (χ1n) is 4.01. The van der Waals surface area contributed by atoms with Crippen molar-refractivity contribution in [2.75, 3.05) is 6.61 Å². The molecule has 0 aromatic rings. The molecule has 0 saturated heterocycles. The van der Waals surface area contributed by atoms with Gasteiger partial charge in [0.25, 0.3) is 0 Å². The summed E-state index contributed by atoms with van der Waals surface area (Å²) in [5.41, 5.74) is 0. The highest BCUT2D eigenvalue weighted by atomic mass is 16.5. The Labute approximate surface area is 73.1 Å². The predicted octanol–water partition coefficient (Wildman–Crippen LogP) is 2.37. The maximum Gasteiger partial charge on any atom is 0.441 e. The third kappa shape index (κ3) is 7.03. The van der Waals surface area contributed by atoms with E-state index in [1.54, 1.807) is 13.0 Å². The maximum absolute atomic E-state index is 10.7. The minimum Gasteiger partial charge on any atom is -0.447 e. The molecule has 1 amide bonds. The fourth-order valence-corrected chi connectivity index (χ4v) is 0.588. The minimum atomic E-state index is -0.572. The number of hydrogen-bond donors (Lipinski definition) is 0.